The first kappa shape index (κ1) is 13.9. The molecule has 3 nitrogen and oxygen atoms in total. The third-order valence-corrected chi connectivity index (χ3v) is 4.04. The molecule has 1 aromatic rings. The first-order valence-electron chi connectivity index (χ1n) is 7.35. The lowest BCUT2D eigenvalue weighted by molar-refractivity contribution is -0.135. The summed E-state index contributed by atoms with van der Waals surface area (Å²) in [6.45, 7) is 7.74. The van der Waals surface area contributed by atoms with E-state index in [0.717, 1.165) is 39.0 Å². The molecule has 19 heavy (non-hydrogen) atoms. The van der Waals surface area contributed by atoms with E-state index in [9.17, 15) is 4.79 Å². The van der Waals surface area contributed by atoms with Gasteiger partial charge in [-0.05, 0) is 38.8 Å². The minimum atomic E-state index is 0.222. The van der Waals surface area contributed by atoms with Crippen LogP contribution in [0.2, 0.25) is 0 Å². The third-order valence-electron chi connectivity index (χ3n) is 4.04. The minimum absolute atomic E-state index is 0.222. The van der Waals surface area contributed by atoms with Crippen LogP contribution in [0.25, 0.3) is 0 Å². The van der Waals surface area contributed by atoms with E-state index in [0.29, 0.717) is 5.91 Å². The van der Waals surface area contributed by atoms with Crippen molar-refractivity contribution in [3.63, 3.8) is 0 Å². The van der Waals surface area contributed by atoms with Gasteiger partial charge in [0.05, 0.1) is 0 Å². The van der Waals surface area contributed by atoms with Crippen molar-refractivity contribution >= 4 is 11.6 Å². The van der Waals surface area contributed by atoms with Gasteiger partial charge in [-0.3, -0.25) is 4.79 Å². The Morgan fingerprint density at radius 2 is 1.74 bits per heavy atom. The molecular formula is C16H24N2O. The van der Waals surface area contributed by atoms with E-state index in [1.807, 2.05) is 11.0 Å². The molecule has 0 N–H and O–H groups in total. The van der Waals surface area contributed by atoms with Crippen molar-refractivity contribution in [2.45, 2.75) is 26.7 Å². The Kier molecular flexibility index (Phi) is 4.83. The number of anilines is 1. The van der Waals surface area contributed by atoms with Crippen molar-refractivity contribution in [1.82, 2.24) is 4.90 Å². The molecule has 0 aromatic heterocycles. The molecule has 1 aliphatic heterocycles. The first-order valence-corrected chi connectivity index (χ1v) is 7.35. The number of carbonyl (C=O) groups excluding carboxylic acids is 1. The summed E-state index contributed by atoms with van der Waals surface area (Å²) in [5.41, 5.74) is 1.27. The topological polar surface area (TPSA) is 23.6 Å². The van der Waals surface area contributed by atoms with Crippen LogP contribution in [0.1, 0.15) is 26.7 Å². The summed E-state index contributed by atoms with van der Waals surface area (Å²) in [6.07, 6.45) is 1.95. The molecule has 0 aliphatic carbocycles. The Labute approximate surface area is 116 Å². The van der Waals surface area contributed by atoms with Crippen molar-refractivity contribution in [2.24, 2.45) is 5.92 Å². The number of carbonyl (C=O) groups is 1. The van der Waals surface area contributed by atoms with E-state index < -0.39 is 0 Å². The highest BCUT2D eigenvalue weighted by atomic mass is 16.2. The smallest absolute Gasteiger partial charge is 0.225 e. The summed E-state index contributed by atoms with van der Waals surface area (Å²) in [5.74, 6) is 0.567. The zero-order valence-corrected chi connectivity index (χ0v) is 12.0. The number of benzene rings is 1. The average molecular weight is 260 g/mol. The largest absolute Gasteiger partial charge is 0.371 e. The number of hydrogen-bond acceptors (Lipinski definition) is 2. The number of piperidine rings is 1. The molecule has 1 aliphatic rings. The van der Waals surface area contributed by atoms with E-state index in [2.05, 4.69) is 43.0 Å². The maximum absolute atomic E-state index is 12.3. The average Bonchev–Trinajstić information content (AvgIpc) is 2.49. The van der Waals surface area contributed by atoms with Gasteiger partial charge in [0.25, 0.3) is 0 Å². The zero-order valence-electron chi connectivity index (χ0n) is 12.0. The van der Waals surface area contributed by atoms with Gasteiger partial charge in [-0.15, -0.1) is 0 Å². The second kappa shape index (κ2) is 6.60. The van der Waals surface area contributed by atoms with Crippen molar-refractivity contribution < 1.29 is 4.79 Å². The van der Waals surface area contributed by atoms with Crippen LogP contribution in [-0.2, 0) is 4.79 Å². The summed E-state index contributed by atoms with van der Waals surface area (Å²) >= 11 is 0. The standard InChI is InChI=1S/C16H24N2O/c1-3-17(4-2)16(19)14-10-12-18(13-11-14)15-8-6-5-7-9-15/h5-9,14H,3-4,10-13H2,1-2H3. The van der Waals surface area contributed by atoms with Crippen LogP contribution in [0.15, 0.2) is 30.3 Å². The molecule has 0 radical (unpaired) electrons. The van der Waals surface area contributed by atoms with Crippen LogP contribution in [0.4, 0.5) is 5.69 Å². The Hall–Kier alpha value is -1.51. The molecule has 0 atom stereocenters. The van der Waals surface area contributed by atoms with Gasteiger partial charge in [-0.1, -0.05) is 18.2 Å². The molecule has 1 aromatic carbocycles. The predicted molar refractivity (Wildman–Crippen MR) is 79.3 cm³/mol. The molecule has 2 rings (SSSR count). The minimum Gasteiger partial charge on any atom is -0.371 e. The fourth-order valence-corrected chi connectivity index (χ4v) is 2.82. The number of hydrogen-bond donors (Lipinski definition) is 0. The number of amides is 1. The maximum atomic E-state index is 12.3. The lowest BCUT2D eigenvalue weighted by Gasteiger charge is -2.35. The first-order chi connectivity index (χ1) is 9.26. The molecular weight excluding hydrogens is 236 g/mol. The van der Waals surface area contributed by atoms with Gasteiger partial charge >= 0.3 is 0 Å². The molecule has 1 heterocycles. The summed E-state index contributed by atoms with van der Waals surface area (Å²) < 4.78 is 0. The predicted octanol–water partition coefficient (Wildman–Crippen LogP) is 2.77. The highest BCUT2D eigenvalue weighted by Gasteiger charge is 2.27. The Morgan fingerprint density at radius 3 is 2.26 bits per heavy atom. The van der Waals surface area contributed by atoms with Gasteiger partial charge < -0.3 is 9.80 Å². The van der Waals surface area contributed by atoms with Crippen LogP contribution in [0.3, 0.4) is 0 Å². The van der Waals surface area contributed by atoms with E-state index in [-0.39, 0.29) is 5.92 Å². The van der Waals surface area contributed by atoms with Crippen LogP contribution < -0.4 is 4.90 Å². The second-order valence-electron chi connectivity index (χ2n) is 5.11. The monoisotopic (exact) mass is 260 g/mol. The third kappa shape index (κ3) is 3.28. The fourth-order valence-electron chi connectivity index (χ4n) is 2.82. The van der Waals surface area contributed by atoms with Crippen LogP contribution >= 0.6 is 0 Å². The fraction of sp³-hybridized carbons (Fsp3) is 0.562. The van der Waals surface area contributed by atoms with E-state index in [1.54, 1.807) is 0 Å². The Balaban J connectivity index is 1.91. The lowest BCUT2D eigenvalue weighted by atomic mass is 9.95. The van der Waals surface area contributed by atoms with Gasteiger partial charge in [0, 0.05) is 37.8 Å². The SMILES string of the molecule is CCN(CC)C(=O)C1CCN(c2ccccc2)CC1. The number of para-hydroxylation sites is 1. The Morgan fingerprint density at radius 1 is 1.16 bits per heavy atom. The van der Waals surface area contributed by atoms with Crippen LogP contribution in [-0.4, -0.2) is 37.0 Å². The van der Waals surface area contributed by atoms with Crippen LogP contribution in [0, 0.1) is 5.92 Å². The van der Waals surface area contributed by atoms with Crippen molar-refractivity contribution in [3.8, 4) is 0 Å². The lowest BCUT2D eigenvalue weighted by Crippen LogP contribution is -2.42. The van der Waals surface area contributed by atoms with Crippen molar-refractivity contribution in [2.75, 3.05) is 31.1 Å². The highest BCUT2D eigenvalue weighted by molar-refractivity contribution is 5.79. The van der Waals surface area contributed by atoms with E-state index in [4.69, 9.17) is 0 Å². The van der Waals surface area contributed by atoms with Crippen molar-refractivity contribution in [1.29, 1.82) is 0 Å². The quantitative estimate of drug-likeness (QED) is 0.831. The molecule has 104 valence electrons. The van der Waals surface area contributed by atoms with Gasteiger partial charge in [0.2, 0.25) is 5.91 Å². The highest BCUT2D eigenvalue weighted by Crippen LogP contribution is 2.24. The second-order valence-corrected chi connectivity index (χ2v) is 5.11. The summed E-state index contributed by atoms with van der Waals surface area (Å²) in [6, 6.07) is 10.5. The molecule has 0 bridgehead atoms. The van der Waals surface area contributed by atoms with E-state index in [1.165, 1.54) is 5.69 Å². The van der Waals surface area contributed by atoms with Gasteiger partial charge in [-0.25, -0.2) is 0 Å². The maximum Gasteiger partial charge on any atom is 0.225 e. The van der Waals surface area contributed by atoms with E-state index >= 15 is 0 Å². The molecule has 3 heteroatoms. The molecule has 1 fully saturated rings. The Bertz CT molecular complexity index is 392. The number of nitrogens with zero attached hydrogens (tertiary/aromatic N) is 2. The number of rotatable bonds is 4. The van der Waals surface area contributed by atoms with Crippen molar-refractivity contribution in [3.05, 3.63) is 30.3 Å². The molecule has 0 spiro atoms. The summed E-state index contributed by atoms with van der Waals surface area (Å²) in [4.78, 5) is 16.7. The molecule has 0 saturated carbocycles. The summed E-state index contributed by atoms with van der Waals surface area (Å²) in [5, 5.41) is 0. The molecule has 1 amide bonds. The summed E-state index contributed by atoms with van der Waals surface area (Å²) in [7, 11) is 0. The zero-order chi connectivity index (χ0) is 13.7. The van der Waals surface area contributed by atoms with Crippen LogP contribution in [0.5, 0.6) is 0 Å². The van der Waals surface area contributed by atoms with Gasteiger partial charge in [0.1, 0.15) is 0 Å². The normalized spacial score (nSPS) is 16.4. The van der Waals surface area contributed by atoms with Gasteiger partial charge in [0.15, 0.2) is 0 Å². The molecule has 1 saturated heterocycles. The molecule has 0 unspecified atom stereocenters. The van der Waals surface area contributed by atoms with Gasteiger partial charge in [-0.2, -0.15) is 0 Å².